The number of hydrogen-bond donors (Lipinski definition) is 3. The Hall–Kier alpha value is -5.09. The van der Waals surface area contributed by atoms with E-state index in [-0.39, 0.29) is 11.3 Å². The van der Waals surface area contributed by atoms with Gasteiger partial charge in [-0.15, -0.1) is 11.3 Å². The molecule has 0 unspecified atom stereocenters. The van der Waals surface area contributed by atoms with E-state index in [1.165, 1.54) is 29.7 Å². The van der Waals surface area contributed by atoms with Gasteiger partial charge in [0.1, 0.15) is 10.6 Å². The number of hydrogen-bond acceptors (Lipinski definition) is 7. The van der Waals surface area contributed by atoms with Gasteiger partial charge in [0.2, 0.25) is 0 Å². The molecule has 37 heavy (non-hydrogen) atoms. The molecule has 3 N–H and O–H groups in total. The van der Waals surface area contributed by atoms with Gasteiger partial charge < -0.3 is 15.4 Å². The normalized spacial score (nSPS) is 10.5. The van der Waals surface area contributed by atoms with Crippen molar-refractivity contribution >= 4 is 52.6 Å². The van der Waals surface area contributed by atoms with Crippen molar-refractivity contribution in [1.82, 2.24) is 5.43 Å². The average Bonchev–Trinajstić information content (AvgIpc) is 3.46. The van der Waals surface area contributed by atoms with Crippen LogP contribution in [0.15, 0.2) is 101 Å². The molecule has 0 spiro atoms. The molecule has 0 aliphatic carbocycles. The molecule has 0 bridgehead atoms. The molecule has 0 fully saturated rings. The highest BCUT2D eigenvalue weighted by atomic mass is 32.1. The zero-order chi connectivity index (χ0) is 26.0. The van der Waals surface area contributed by atoms with Crippen LogP contribution in [0.4, 0.5) is 11.4 Å². The van der Waals surface area contributed by atoms with Gasteiger partial charge in [0.25, 0.3) is 5.91 Å². The van der Waals surface area contributed by atoms with E-state index in [4.69, 9.17) is 4.74 Å². The van der Waals surface area contributed by atoms with Gasteiger partial charge in [-0.3, -0.25) is 14.4 Å². The molecular weight excluding hydrogens is 492 g/mol. The van der Waals surface area contributed by atoms with Gasteiger partial charge in [0.15, 0.2) is 0 Å². The molecule has 1 heterocycles. The number of nitrogens with zero attached hydrogens (tertiary/aromatic N) is 1. The third-order valence-electron chi connectivity index (χ3n) is 4.85. The molecule has 10 heteroatoms. The summed E-state index contributed by atoms with van der Waals surface area (Å²) in [5.41, 5.74) is 3.69. The van der Waals surface area contributed by atoms with Gasteiger partial charge in [0.05, 0.1) is 17.5 Å². The van der Waals surface area contributed by atoms with E-state index in [1.807, 2.05) is 6.07 Å². The van der Waals surface area contributed by atoms with Gasteiger partial charge >= 0.3 is 17.8 Å². The Kier molecular flexibility index (Phi) is 8.15. The largest absolute Gasteiger partial charge is 0.422 e. The lowest BCUT2D eigenvalue weighted by Gasteiger charge is -2.11. The van der Waals surface area contributed by atoms with Crippen molar-refractivity contribution in [3.63, 3.8) is 0 Å². The number of carbonyl (C=O) groups is 4. The Morgan fingerprint density at radius 2 is 1.49 bits per heavy atom. The summed E-state index contributed by atoms with van der Waals surface area (Å²) in [4.78, 5) is 49.7. The number of anilines is 2. The first-order valence-electron chi connectivity index (χ1n) is 10.9. The number of rotatable bonds is 7. The minimum Gasteiger partial charge on any atom is -0.422 e. The summed E-state index contributed by atoms with van der Waals surface area (Å²) in [7, 11) is 0. The van der Waals surface area contributed by atoms with Gasteiger partial charge in [0, 0.05) is 5.69 Å². The Labute approximate surface area is 215 Å². The van der Waals surface area contributed by atoms with E-state index in [1.54, 1.807) is 78.2 Å². The first-order chi connectivity index (χ1) is 18.0. The van der Waals surface area contributed by atoms with Gasteiger partial charge in [-0.05, 0) is 65.5 Å². The fourth-order valence-corrected chi connectivity index (χ4v) is 3.68. The number of thiophene rings is 1. The molecular formula is C27H20N4O5S. The standard InChI is InChI=1S/C27H20N4O5S/c32-24(29-19-7-2-1-3-8-19)21-9-4-5-10-22(21)30-25(33)26(34)31-28-17-18-12-14-20(15-13-18)36-27(35)23-11-6-16-37-23/h1-17H,(H,29,32)(H,30,33)(H,31,34)/b28-17-. The first kappa shape index (κ1) is 25.0. The van der Waals surface area contributed by atoms with Crippen LogP contribution in [0.1, 0.15) is 25.6 Å². The molecule has 0 saturated carbocycles. The minimum absolute atomic E-state index is 0.174. The average molecular weight is 513 g/mol. The molecule has 0 saturated heterocycles. The molecule has 1 aromatic heterocycles. The molecule has 3 amide bonds. The zero-order valence-corrected chi connectivity index (χ0v) is 20.0. The van der Waals surface area contributed by atoms with E-state index in [0.717, 1.165) is 0 Å². The molecule has 0 atom stereocenters. The third-order valence-corrected chi connectivity index (χ3v) is 5.70. The maximum Gasteiger partial charge on any atom is 0.353 e. The number of esters is 1. The van der Waals surface area contributed by atoms with Crippen LogP contribution in [0.25, 0.3) is 0 Å². The fraction of sp³-hybridized carbons (Fsp3) is 0. The monoisotopic (exact) mass is 512 g/mol. The maximum atomic E-state index is 12.6. The van der Waals surface area contributed by atoms with Crippen molar-refractivity contribution < 1.29 is 23.9 Å². The second kappa shape index (κ2) is 12.0. The number of hydrazone groups is 1. The lowest BCUT2D eigenvalue weighted by molar-refractivity contribution is -0.136. The number of nitrogens with one attached hydrogen (secondary N) is 3. The molecule has 3 aromatic carbocycles. The molecule has 184 valence electrons. The highest BCUT2D eigenvalue weighted by molar-refractivity contribution is 7.12. The summed E-state index contributed by atoms with van der Waals surface area (Å²) >= 11 is 1.28. The van der Waals surface area contributed by atoms with Crippen LogP contribution in [0.5, 0.6) is 5.75 Å². The van der Waals surface area contributed by atoms with Crippen molar-refractivity contribution in [3.05, 3.63) is 112 Å². The van der Waals surface area contributed by atoms with E-state index in [0.29, 0.717) is 21.9 Å². The predicted molar refractivity (Wildman–Crippen MR) is 141 cm³/mol. The van der Waals surface area contributed by atoms with Gasteiger partial charge in [-0.25, -0.2) is 10.2 Å². The number of ether oxygens (including phenoxy) is 1. The van der Waals surface area contributed by atoms with Crippen molar-refractivity contribution in [2.24, 2.45) is 5.10 Å². The maximum absolute atomic E-state index is 12.6. The van der Waals surface area contributed by atoms with Crippen LogP contribution in [0.3, 0.4) is 0 Å². The van der Waals surface area contributed by atoms with Gasteiger partial charge in [-0.1, -0.05) is 36.4 Å². The summed E-state index contributed by atoms with van der Waals surface area (Å²) in [5, 5.41) is 10.7. The molecule has 0 aliphatic rings. The second-order valence-electron chi connectivity index (χ2n) is 7.45. The smallest absolute Gasteiger partial charge is 0.353 e. The Morgan fingerprint density at radius 3 is 2.22 bits per heavy atom. The van der Waals surface area contributed by atoms with E-state index in [9.17, 15) is 19.2 Å². The van der Waals surface area contributed by atoms with Crippen LogP contribution in [-0.4, -0.2) is 29.9 Å². The van der Waals surface area contributed by atoms with Crippen LogP contribution in [-0.2, 0) is 9.59 Å². The second-order valence-corrected chi connectivity index (χ2v) is 8.40. The Morgan fingerprint density at radius 1 is 0.757 bits per heavy atom. The van der Waals surface area contributed by atoms with Gasteiger partial charge in [-0.2, -0.15) is 5.10 Å². The number of para-hydroxylation sites is 2. The lowest BCUT2D eigenvalue weighted by atomic mass is 10.1. The summed E-state index contributed by atoms with van der Waals surface area (Å²) < 4.78 is 5.28. The molecule has 0 radical (unpaired) electrons. The topological polar surface area (TPSA) is 126 Å². The van der Waals surface area contributed by atoms with Crippen LogP contribution < -0.4 is 20.8 Å². The fourth-order valence-electron chi connectivity index (χ4n) is 3.08. The third kappa shape index (κ3) is 6.96. The van der Waals surface area contributed by atoms with E-state index in [2.05, 4.69) is 21.2 Å². The molecule has 0 aliphatic heterocycles. The summed E-state index contributed by atoms with van der Waals surface area (Å²) in [6, 6.07) is 25.0. The molecule has 9 nitrogen and oxygen atoms in total. The molecule has 4 rings (SSSR count). The van der Waals surface area contributed by atoms with Crippen LogP contribution in [0, 0.1) is 0 Å². The highest BCUT2D eigenvalue weighted by Gasteiger charge is 2.18. The summed E-state index contributed by atoms with van der Waals surface area (Å²) in [6.45, 7) is 0. The van der Waals surface area contributed by atoms with Crippen molar-refractivity contribution in [2.45, 2.75) is 0 Å². The zero-order valence-electron chi connectivity index (χ0n) is 19.2. The van der Waals surface area contributed by atoms with Crippen LogP contribution >= 0.6 is 11.3 Å². The Balaban J connectivity index is 1.30. The van der Waals surface area contributed by atoms with Crippen molar-refractivity contribution in [3.8, 4) is 5.75 Å². The predicted octanol–water partition coefficient (Wildman–Crippen LogP) is 4.31. The van der Waals surface area contributed by atoms with E-state index < -0.39 is 23.7 Å². The van der Waals surface area contributed by atoms with Crippen molar-refractivity contribution in [1.29, 1.82) is 0 Å². The Bertz CT molecular complexity index is 1440. The quantitative estimate of drug-likeness (QED) is 0.112. The van der Waals surface area contributed by atoms with Crippen molar-refractivity contribution in [2.75, 3.05) is 10.6 Å². The SMILES string of the molecule is O=C(N/N=C\c1ccc(OC(=O)c2cccs2)cc1)C(=O)Nc1ccccc1C(=O)Nc1ccccc1. The highest BCUT2D eigenvalue weighted by Crippen LogP contribution is 2.18. The van der Waals surface area contributed by atoms with E-state index >= 15 is 0 Å². The number of amides is 3. The lowest BCUT2D eigenvalue weighted by Crippen LogP contribution is -2.33. The number of carbonyl (C=O) groups excluding carboxylic acids is 4. The first-order valence-corrected chi connectivity index (χ1v) is 11.8. The summed E-state index contributed by atoms with van der Waals surface area (Å²) in [5.74, 6) is -2.54. The summed E-state index contributed by atoms with van der Waals surface area (Å²) in [6.07, 6.45) is 1.33. The molecule has 4 aromatic rings. The number of benzene rings is 3. The minimum atomic E-state index is -1.02. The van der Waals surface area contributed by atoms with Crippen LogP contribution in [0.2, 0.25) is 0 Å².